The third kappa shape index (κ3) is 3.14. The third-order valence-electron chi connectivity index (χ3n) is 10.0. The van der Waals surface area contributed by atoms with Crippen molar-refractivity contribution in [2.75, 3.05) is 0 Å². The number of ketones is 2. The van der Waals surface area contributed by atoms with Gasteiger partial charge in [0.05, 0.1) is 6.42 Å². The zero-order valence-corrected chi connectivity index (χ0v) is 20.7. The minimum Gasteiger partial charge on any atom is -0.504 e. The van der Waals surface area contributed by atoms with Gasteiger partial charge in [-0.15, -0.1) is 0 Å². The van der Waals surface area contributed by atoms with Crippen LogP contribution in [0.3, 0.4) is 0 Å². The van der Waals surface area contributed by atoms with Gasteiger partial charge >= 0.3 is 5.97 Å². The minimum absolute atomic E-state index is 0.0409. The van der Waals surface area contributed by atoms with Crippen molar-refractivity contribution in [3.8, 4) is 0 Å². The number of rotatable bonds is 4. The van der Waals surface area contributed by atoms with Gasteiger partial charge in [0.2, 0.25) is 5.78 Å². The summed E-state index contributed by atoms with van der Waals surface area (Å²) < 4.78 is 0. The van der Waals surface area contributed by atoms with E-state index < -0.39 is 11.4 Å². The molecule has 0 heterocycles. The van der Waals surface area contributed by atoms with Crippen molar-refractivity contribution in [2.24, 2.45) is 27.6 Å². The van der Waals surface area contributed by atoms with Gasteiger partial charge < -0.3 is 15.0 Å². The zero-order chi connectivity index (χ0) is 24.6. The van der Waals surface area contributed by atoms with E-state index in [0.717, 1.165) is 36.8 Å². The first-order valence-corrected chi connectivity index (χ1v) is 12.0. The molecule has 0 saturated heterocycles. The molecule has 5 unspecified atom stereocenters. The molecule has 0 aromatic rings. The first-order valence-electron chi connectivity index (χ1n) is 12.0. The maximum Gasteiger partial charge on any atom is 0.303 e. The highest BCUT2D eigenvalue weighted by Crippen LogP contribution is 2.73. The monoisotopic (exact) mass is 452 g/mol. The Bertz CT molecular complexity index is 1090. The van der Waals surface area contributed by atoms with E-state index in [1.807, 2.05) is 6.08 Å². The van der Waals surface area contributed by atoms with Crippen LogP contribution in [0.4, 0.5) is 0 Å². The van der Waals surface area contributed by atoms with E-state index in [4.69, 9.17) is 0 Å². The van der Waals surface area contributed by atoms with E-state index in [-0.39, 0.29) is 45.9 Å². The van der Waals surface area contributed by atoms with Crippen LogP contribution in [0, 0.1) is 27.6 Å². The number of carbonyl (C=O) groups excluding carboxylic acids is 2. The molecule has 0 aliphatic heterocycles. The average molecular weight is 453 g/mol. The van der Waals surface area contributed by atoms with Gasteiger partial charge in [0, 0.05) is 17.4 Å². The van der Waals surface area contributed by atoms with E-state index in [9.17, 15) is 24.6 Å². The largest absolute Gasteiger partial charge is 0.504 e. The van der Waals surface area contributed by atoms with Gasteiger partial charge in [-0.05, 0) is 78.9 Å². The fourth-order valence-corrected chi connectivity index (χ4v) is 7.89. The van der Waals surface area contributed by atoms with E-state index in [1.165, 1.54) is 5.57 Å². The lowest BCUT2D eigenvalue weighted by Crippen LogP contribution is -2.60. The summed E-state index contributed by atoms with van der Waals surface area (Å²) in [5.74, 6) is -1.27. The second-order valence-electron chi connectivity index (χ2n) is 11.8. The first kappa shape index (κ1) is 23.7. The van der Waals surface area contributed by atoms with Crippen LogP contribution >= 0.6 is 0 Å². The highest BCUT2D eigenvalue weighted by molar-refractivity contribution is 6.06. The summed E-state index contributed by atoms with van der Waals surface area (Å²) in [6.45, 7) is 12.2. The Hall–Kier alpha value is -2.43. The standard InChI is InChI=1S/C28H36O5/c1-16(29)13-22-25(3,15-23(31)32)9-11-27(5)21-8-7-18-17(2)24(33)20(30)14-19(18)26(21,4)10-12-28(22,27)6/h7-8,14,22,33H,9-13,15H2,1-6H3,(H,31,32). The molecule has 2 fully saturated rings. The van der Waals surface area contributed by atoms with E-state index in [0.29, 0.717) is 12.0 Å². The Morgan fingerprint density at radius 2 is 1.73 bits per heavy atom. The van der Waals surface area contributed by atoms with Crippen LogP contribution in [0.15, 0.2) is 46.3 Å². The molecule has 33 heavy (non-hydrogen) atoms. The molecule has 178 valence electrons. The van der Waals surface area contributed by atoms with Crippen LogP contribution in [0.2, 0.25) is 0 Å². The Morgan fingerprint density at radius 1 is 1.06 bits per heavy atom. The Labute approximate surface area is 196 Å². The zero-order valence-electron chi connectivity index (χ0n) is 20.7. The Balaban J connectivity index is 1.88. The predicted molar refractivity (Wildman–Crippen MR) is 127 cm³/mol. The van der Waals surface area contributed by atoms with Crippen LogP contribution in [-0.2, 0) is 14.4 Å². The minimum atomic E-state index is -0.809. The number of fused-ring (bicyclic) bond motifs is 5. The van der Waals surface area contributed by atoms with E-state index in [2.05, 4.69) is 33.8 Å². The van der Waals surface area contributed by atoms with E-state index in [1.54, 1.807) is 19.9 Å². The van der Waals surface area contributed by atoms with Crippen LogP contribution in [-0.4, -0.2) is 27.7 Å². The highest BCUT2D eigenvalue weighted by Gasteiger charge is 2.65. The molecule has 0 aromatic carbocycles. The van der Waals surface area contributed by atoms with Gasteiger partial charge in [0.15, 0.2) is 5.76 Å². The van der Waals surface area contributed by atoms with Crippen LogP contribution < -0.4 is 0 Å². The molecule has 0 spiro atoms. The number of carboxylic acid groups (broad SMARTS) is 1. The van der Waals surface area contributed by atoms with Gasteiger partial charge in [-0.3, -0.25) is 9.59 Å². The number of aliphatic hydroxyl groups is 1. The topological polar surface area (TPSA) is 91.7 Å². The summed E-state index contributed by atoms with van der Waals surface area (Å²) in [5.41, 5.74) is 2.54. The summed E-state index contributed by atoms with van der Waals surface area (Å²) in [4.78, 5) is 36.7. The second-order valence-corrected chi connectivity index (χ2v) is 11.8. The molecular weight excluding hydrogens is 416 g/mol. The quantitative estimate of drug-likeness (QED) is 0.556. The molecule has 2 N–H and O–H groups in total. The maximum absolute atomic E-state index is 12.5. The van der Waals surface area contributed by atoms with Gasteiger partial charge in [-0.2, -0.15) is 0 Å². The molecule has 0 amide bonds. The normalized spacial score (nSPS) is 40.1. The van der Waals surface area contributed by atoms with Crippen LogP contribution in [0.5, 0.6) is 0 Å². The van der Waals surface area contributed by atoms with Crippen molar-refractivity contribution in [3.05, 3.63) is 46.3 Å². The van der Waals surface area contributed by atoms with Gasteiger partial charge in [0.25, 0.3) is 0 Å². The van der Waals surface area contributed by atoms with Crippen molar-refractivity contribution in [1.29, 1.82) is 0 Å². The molecule has 4 rings (SSSR count). The SMILES string of the molecule is CC(=O)CC1C(C)(CC(=O)O)CCC2(C)C3=CC=C4C(=CC(=O)C(O)=C4C)C3(C)CCC12C. The van der Waals surface area contributed by atoms with Gasteiger partial charge in [-0.1, -0.05) is 45.4 Å². The predicted octanol–water partition coefficient (Wildman–Crippen LogP) is 5.88. The molecule has 4 aliphatic carbocycles. The van der Waals surface area contributed by atoms with Crippen LogP contribution in [0.25, 0.3) is 0 Å². The summed E-state index contributed by atoms with van der Waals surface area (Å²) >= 11 is 0. The number of Topliss-reactive ketones (excluding diaryl/α,β-unsaturated/α-hetero) is 1. The molecular formula is C28H36O5. The number of allylic oxidation sites excluding steroid dienone is 7. The molecule has 0 radical (unpaired) electrons. The Kier molecular flexibility index (Phi) is 5.23. The number of carbonyl (C=O) groups is 3. The molecule has 5 nitrogen and oxygen atoms in total. The highest BCUT2D eigenvalue weighted by atomic mass is 16.4. The fourth-order valence-electron chi connectivity index (χ4n) is 7.89. The third-order valence-corrected chi connectivity index (χ3v) is 10.0. The summed E-state index contributed by atoms with van der Waals surface area (Å²) in [7, 11) is 0. The van der Waals surface area contributed by atoms with Crippen LogP contribution in [0.1, 0.15) is 80.1 Å². The molecule has 5 heteroatoms. The van der Waals surface area contributed by atoms with Crippen molar-refractivity contribution >= 4 is 17.5 Å². The van der Waals surface area contributed by atoms with Gasteiger partial charge in [0.1, 0.15) is 5.78 Å². The number of carboxylic acids is 1. The van der Waals surface area contributed by atoms with Gasteiger partial charge in [-0.25, -0.2) is 0 Å². The fraction of sp³-hybridized carbons (Fsp3) is 0.607. The summed E-state index contributed by atoms with van der Waals surface area (Å²) in [5, 5.41) is 19.9. The lowest BCUT2D eigenvalue weighted by Gasteiger charge is -2.67. The van der Waals surface area contributed by atoms with Crippen molar-refractivity contribution < 1.29 is 24.6 Å². The summed E-state index contributed by atoms with van der Waals surface area (Å²) in [6.07, 6.45) is 9.52. The average Bonchev–Trinajstić information content (AvgIpc) is 2.71. The molecule has 2 saturated carbocycles. The molecule has 5 atom stereocenters. The maximum atomic E-state index is 12.5. The second kappa shape index (κ2) is 7.28. The molecule has 0 bridgehead atoms. The number of hydrogen-bond donors (Lipinski definition) is 2. The Morgan fingerprint density at radius 3 is 2.33 bits per heavy atom. The molecule has 0 aromatic heterocycles. The van der Waals surface area contributed by atoms with Crippen molar-refractivity contribution in [2.45, 2.75) is 80.1 Å². The molecule has 4 aliphatic rings. The smallest absolute Gasteiger partial charge is 0.303 e. The lowest BCUT2D eigenvalue weighted by atomic mass is 9.36. The summed E-state index contributed by atoms with van der Waals surface area (Å²) in [6, 6.07) is 0. The lowest BCUT2D eigenvalue weighted by molar-refractivity contribution is -0.158. The van der Waals surface area contributed by atoms with E-state index >= 15 is 0 Å². The van der Waals surface area contributed by atoms with Crippen molar-refractivity contribution in [3.63, 3.8) is 0 Å². The van der Waals surface area contributed by atoms with Crippen molar-refractivity contribution in [1.82, 2.24) is 0 Å². The number of hydrogen-bond acceptors (Lipinski definition) is 4. The number of aliphatic carboxylic acids is 1. The number of aliphatic hydroxyl groups excluding tert-OH is 1. The first-order chi connectivity index (χ1) is 15.2.